The minimum absolute atomic E-state index is 0.618. The van der Waals surface area contributed by atoms with Gasteiger partial charge < -0.3 is 4.90 Å². The largest absolute Gasteiger partial charge is 0.303 e. The highest BCUT2D eigenvalue weighted by Crippen LogP contribution is 2.13. The summed E-state index contributed by atoms with van der Waals surface area (Å²) in [6.45, 7) is 5.75. The van der Waals surface area contributed by atoms with Crippen molar-refractivity contribution in [3.8, 4) is 0 Å². The van der Waals surface area contributed by atoms with Crippen LogP contribution in [0.3, 0.4) is 0 Å². The monoisotopic (exact) mass is 283 g/mol. The first-order valence-corrected chi connectivity index (χ1v) is 6.87. The molecule has 1 nitrogen and oxygen atoms in total. The number of unbranched alkanes of at least 4 members (excludes halogenated alkanes) is 1. The van der Waals surface area contributed by atoms with Gasteiger partial charge in [-0.05, 0) is 51.1 Å². The Labute approximate surface area is 108 Å². The Morgan fingerprint density at radius 3 is 2.44 bits per heavy atom. The third-order valence-corrected chi connectivity index (χ3v) is 3.59. The van der Waals surface area contributed by atoms with Crippen LogP contribution < -0.4 is 0 Å². The Bertz CT molecular complexity index is 294. The number of hydrogen-bond acceptors (Lipinski definition) is 1. The molecule has 16 heavy (non-hydrogen) atoms. The molecule has 1 rings (SSSR count). The second kappa shape index (κ2) is 7.08. The summed E-state index contributed by atoms with van der Waals surface area (Å²) in [5, 5.41) is 0. The molecule has 0 spiro atoms. The number of hydrogen-bond donors (Lipinski definition) is 0. The standard InChI is InChI=1S/C14H22BrN/c1-4-5-10-16(3)12(2)11-13-6-8-14(15)9-7-13/h6-9,12H,4-5,10-11H2,1-3H3. The van der Waals surface area contributed by atoms with Crippen molar-refractivity contribution >= 4 is 15.9 Å². The molecule has 0 bridgehead atoms. The topological polar surface area (TPSA) is 3.24 Å². The van der Waals surface area contributed by atoms with Gasteiger partial charge in [0.15, 0.2) is 0 Å². The summed E-state index contributed by atoms with van der Waals surface area (Å²) in [7, 11) is 2.22. The van der Waals surface area contributed by atoms with Crippen LogP contribution >= 0.6 is 15.9 Å². The molecule has 0 N–H and O–H groups in total. The first-order valence-electron chi connectivity index (χ1n) is 6.08. The average molecular weight is 284 g/mol. The smallest absolute Gasteiger partial charge is 0.0175 e. The third-order valence-electron chi connectivity index (χ3n) is 3.06. The minimum atomic E-state index is 0.618. The molecule has 0 aliphatic rings. The summed E-state index contributed by atoms with van der Waals surface area (Å²) in [4.78, 5) is 2.45. The zero-order chi connectivity index (χ0) is 12.0. The molecule has 0 heterocycles. The number of likely N-dealkylation sites (N-methyl/N-ethyl adjacent to an activating group) is 1. The van der Waals surface area contributed by atoms with E-state index in [1.165, 1.54) is 24.9 Å². The van der Waals surface area contributed by atoms with Crippen LogP contribution in [0.4, 0.5) is 0 Å². The number of benzene rings is 1. The zero-order valence-electron chi connectivity index (χ0n) is 10.5. The van der Waals surface area contributed by atoms with Gasteiger partial charge in [-0.2, -0.15) is 0 Å². The molecule has 1 unspecified atom stereocenters. The summed E-state index contributed by atoms with van der Waals surface area (Å²) in [6, 6.07) is 9.26. The van der Waals surface area contributed by atoms with Gasteiger partial charge in [0.25, 0.3) is 0 Å². The molecule has 1 aromatic rings. The van der Waals surface area contributed by atoms with Crippen LogP contribution in [0.1, 0.15) is 32.3 Å². The van der Waals surface area contributed by atoms with Crippen molar-refractivity contribution in [1.29, 1.82) is 0 Å². The van der Waals surface area contributed by atoms with Gasteiger partial charge in [0.05, 0.1) is 0 Å². The molecular weight excluding hydrogens is 262 g/mol. The lowest BCUT2D eigenvalue weighted by Gasteiger charge is -2.24. The van der Waals surface area contributed by atoms with Gasteiger partial charge in [0, 0.05) is 10.5 Å². The quantitative estimate of drug-likeness (QED) is 0.759. The number of halogens is 1. The lowest BCUT2D eigenvalue weighted by atomic mass is 10.1. The van der Waals surface area contributed by atoms with Crippen LogP contribution in [0.15, 0.2) is 28.7 Å². The predicted molar refractivity (Wildman–Crippen MR) is 74.8 cm³/mol. The van der Waals surface area contributed by atoms with Crippen molar-refractivity contribution in [3.05, 3.63) is 34.3 Å². The van der Waals surface area contributed by atoms with Gasteiger partial charge in [0.2, 0.25) is 0 Å². The van der Waals surface area contributed by atoms with Crippen molar-refractivity contribution in [2.45, 2.75) is 39.2 Å². The van der Waals surface area contributed by atoms with E-state index in [9.17, 15) is 0 Å². The maximum atomic E-state index is 3.46. The van der Waals surface area contributed by atoms with E-state index in [0.29, 0.717) is 6.04 Å². The SMILES string of the molecule is CCCCN(C)C(C)Cc1ccc(Br)cc1. The van der Waals surface area contributed by atoms with Crippen LogP contribution in [0.25, 0.3) is 0 Å². The fraction of sp³-hybridized carbons (Fsp3) is 0.571. The van der Waals surface area contributed by atoms with Gasteiger partial charge in [-0.1, -0.05) is 41.4 Å². The Morgan fingerprint density at radius 2 is 1.88 bits per heavy atom. The highest BCUT2D eigenvalue weighted by atomic mass is 79.9. The van der Waals surface area contributed by atoms with Gasteiger partial charge in [-0.15, -0.1) is 0 Å². The number of nitrogens with zero attached hydrogens (tertiary/aromatic N) is 1. The Kier molecular flexibility index (Phi) is 6.07. The van der Waals surface area contributed by atoms with Crippen LogP contribution in [-0.2, 0) is 6.42 Å². The first-order chi connectivity index (χ1) is 7.63. The average Bonchev–Trinajstić information content (AvgIpc) is 2.29. The van der Waals surface area contributed by atoms with Gasteiger partial charge in [-0.25, -0.2) is 0 Å². The molecular formula is C14H22BrN. The molecule has 0 aromatic heterocycles. The van der Waals surface area contributed by atoms with E-state index >= 15 is 0 Å². The molecule has 0 radical (unpaired) electrons. The van der Waals surface area contributed by atoms with Crippen molar-refractivity contribution in [2.75, 3.05) is 13.6 Å². The van der Waals surface area contributed by atoms with Crippen LogP contribution in [0.5, 0.6) is 0 Å². The van der Waals surface area contributed by atoms with E-state index in [0.717, 1.165) is 10.9 Å². The predicted octanol–water partition coefficient (Wildman–Crippen LogP) is 4.11. The van der Waals surface area contributed by atoms with Crippen molar-refractivity contribution < 1.29 is 0 Å². The minimum Gasteiger partial charge on any atom is -0.303 e. The molecule has 0 aliphatic carbocycles. The third kappa shape index (κ3) is 4.67. The molecule has 0 amide bonds. The molecule has 2 heteroatoms. The van der Waals surface area contributed by atoms with Crippen LogP contribution in [0, 0.1) is 0 Å². The second-order valence-electron chi connectivity index (χ2n) is 4.51. The fourth-order valence-corrected chi connectivity index (χ4v) is 2.01. The van der Waals surface area contributed by atoms with Gasteiger partial charge in [-0.3, -0.25) is 0 Å². The molecule has 0 saturated heterocycles. The van der Waals surface area contributed by atoms with Crippen molar-refractivity contribution in [2.24, 2.45) is 0 Å². The van der Waals surface area contributed by atoms with Crippen LogP contribution in [0.2, 0.25) is 0 Å². The summed E-state index contributed by atoms with van der Waals surface area (Å²) in [5.41, 5.74) is 1.42. The molecule has 90 valence electrons. The lowest BCUT2D eigenvalue weighted by molar-refractivity contribution is 0.252. The first kappa shape index (κ1) is 13.7. The fourth-order valence-electron chi connectivity index (χ4n) is 1.75. The Balaban J connectivity index is 2.43. The summed E-state index contributed by atoms with van der Waals surface area (Å²) in [5.74, 6) is 0. The van der Waals surface area contributed by atoms with E-state index in [4.69, 9.17) is 0 Å². The van der Waals surface area contributed by atoms with E-state index in [2.05, 4.69) is 66.0 Å². The maximum absolute atomic E-state index is 3.46. The van der Waals surface area contributed by atoms with Crippen LogP contribution in [-0.4, -0.2) is 24.5 Å². The zero-order valence-corrected chi connectivity index (χ0v) is 12.1. The van der Waals surface area contributed by atoms with E-state index in [-0.39, 0.29) is 0 Å². The Morgan fingerprint density at radius 1 is 1.25 bits per heavy atom. The van der Waals surface area contributed by atoms with E-state index in [1.54, 1.807) is 0 Å². The Hall–Kier alpha value is -0.340. The lowest BCUT2D eigenvalue weighted by Crippen LogP contribution is -2.31. The highest BCUT2D eigenvalue weighted by molar-refractivity contribution is 9.10. The molecule has 0 aliphatic heterocycles. The summed E-state index contributed by atoms with van der Waals surface area (Å²) >= 11 is 3.46. The van der Waals surface area contributed by atoms with E-state index < -0.39 is 0 Å². The van der Waals surface area contributed by atoms with Crippen molar-refractivity contribution in [1.82, 2.24) is 4.90 Å². The molecule has 0 saturated carbocycles. The normalized spacial score (nSPS) is 13.1. The van der Waals surface area contributed by atoms with Gasteiger partial charge >= 0.3 is 0 Å². The highest BCUT2D eigenvalue weighted by Gasteiger charge is 2.08. The number of rotatable bonds is 6. The summed E-state index contributed by atoms with van der Waals surface area (Å²) in [6.07, 6.45) is 3.70. The molecule has 0 fully saturated rings. The maximum Gasteiger partial charge on any atom is 0.0175 e. The van der Waals surface area contributed by atoms with Gasteiger partial charge in [0.1, 0.15) is 0 Å². The second-order valence-corrected chi connectivity index (χ2v) is 5.43. The molecule has 1 aromatic carbocycles. The molecule has 1 atom stereocenters. The van der Waals surface area contributed by atoms with Crippen molar-refractivity contribution in [3.63, 3.8) is 0 Å². The summed E-state index contributed by atoms with van der Waals surface area (Å²) < 4.78 is 1.16. The van der Waals surface area contributed by atoms with E-state index in [1.807, 2.05) is 0 Å².